The molecule has 1 unspecified atom stereocenters. The quantitative estimate of drug-likeness (QED) is 0.826. The Kier molecular flexibility index (Phi) is 4.93. The van der Waals surface area contributed by atoms with Gasteiger partial charge < -0.3 is 14.8 Å². The molecular formula is C15H24N4. The van der Waals surface area contributed by atoms with E-state index in [1.807, 2.05) is 12.4 Å². The van der Waals surface area contributed by atoms with Gasteiger partial charge in [-0.1, -0.05) is 19.1 Å². The van der Waals surface area contributed by atoms with Crippen molar-refractivity contribution >= 4 is 11.0 Å². The molecule has 0 saturated carbocycles. The second-order valence-corrected chi connectivity index (χ2v) is 5.14. The lowest BCUT2D eigenvalue weighted by atomic mass is 10.3. The highest BCUT2D eigenvalue weighted by atomic mass is 15.1. The van der Waals surface area contributed by atoms with Crippen molar-refractivity contribution in [3.05, 3.63) is 30.6 Å². The minimum atomic E-state index is 0.514. The van der Waals surface area contributed by atoms with E-state index in [2.05, 4.69) is 58.9 Å². The third-order valence-corrected chi connectivity index (χ3v) is 3.50. The highest BCUT2D eigenvalue weighted by Crippen LogP contribution is 2.10. The Hall–Kier alpha value is -1.39. The molecule has 19 heavy (non-hydrogen) atoms. The maximum Gasteiger partial charge on any atom is 0.0958 e. The van der Waals surface area contributed by atoms with Crippen LogP contribution < -0.4 is 5.32 Å². The number of para-hydroxylation sites is 2. The fourth-order valence-corrected chi connectivity index (χ4v) is 2.28. The number of fused-ring (bicyclic) bond motifs is 1. The van der Waals surface area contributed by atoms with Crippen LogP contribution in [0, 0.1) is 0 Å². The van der Waals surface area contributed by atoms with Gasteiger partial charge in [0.2, 0.25) is 0 Å². The molecule has 4 nitrogen and oxygen atoms in total. The Bertz CT molecular complexity index is 506. The van der Waals surface area contributed by atoms with Crippen LogP contribution in [0.5, 0.6) is 0 Å². The van der Waals surface area contributed by atoms with Gasteiger partial charge in [0.05, 0.1) is 17.4 Å². The molecule has 4 heteroatoms. The van der Waals surface area contributed by atoms with Gasteiger partial charge in [-0.25, -0.2) is 4.98 Å². The predicted octanol–water partition coefficient (Wildman–Crippen LogP) is 1.97. The van der Waals surface area contributed by atoms with E-state index >= 15 is 0 Å². The number of hydrogen-bond acceptors (Lipinski definition) is 3. The van der Waals surface area contributed by atoms with Crippen molar-refractivity contribution in [3.63, 3.8) is 0 Å². The van der Waals surface area contributed by atoms with Gasteiger partial charge in [0.25, 0.3) is 0 Å². The van der Waals surface area contributed by atoms with Crippen LogP contribution in [0.1, 0.15) is 13.8 Å². The molecule has 0 amide bonds. The summed E-state index contributed by atoms with van der Waals surface area (Å²) in [6.45, 7) is 8.53. The third kappa shape index (κ3) is 3.78. The molecule has 0 bridgehead atoms. The first-order valence-electron chi connectivity index (χ1n) is 7.02. The average molecular weight is 260 g/mol. The Morgan fingerprint density at radius 2 is 2.16 bits per heavy atom. The van der Waals surface area contributed by atoms with E-state index in [0.717, 1.165) is 31.7 Å². The fourth-order valence-electron chi connectivity index (χ4n) is 2.28. The number of aromatic nitrogens is 2. The highest BCUT2D eigenvalue weighted by molar-refractivity contribution is 5.74. The average Bonchev–Trinajstić information content (AvgIpc) is 2.82. The molecule has 0 aliphatic rings. The predicted molar refractivity (Wildman–Crippen MR) is 80.4 cm³/mol. The van der Waals surface area contributed by atoms with Crippen LogP contribution in [0.3, 0.4) is 0 Å². The number of rotatable bonds is 7. The van der Waals surface area contributed by atoms with Crippen molar-refractivity contribution in [2.45, 2.75) is 26.4 Å². The molecule has 0 fully saturated rings. The van der Waals surface area contributed by atoms with Crippen LogP contribution >= 0.6 is 0 Å². The van der Waals surface area contributed by atoms with Gasteiger partial charge >= 0.3 is 0 Å². The summed E-state index contributed by atoms with van der Waals surface area (Å²) >= 11 is 0. The molecule has 0 spiro atoms. The van der Waals surface area contributed by atoms with Crippen molar-refractivity contribution in [1.82, 2.24) is 19.8 Å². The standard InChI is InChI=1S/C15H24N4/c1-4-18(3)11-13(2)16-9-10-19-12-17-14-7-5-6-8-15(14)19/h5-8,12-13,16H,4,9-11H2,1-3H3. The van der Waals surface area contributed by atoms with E-state index < -0.39 is 0 Å². The smallest absolute Gasteiger partial charge is 0.0958 e. The molecule has 0 saturated heterocycles. The van der Waals surface area contributed by atoms with Crippen molar-refractivity contribution in [2.24, 2.45) is 0 Å². The van der Waals surface area contributed by atoms with Crippen LogP contribution in [-0.4, -0.2) is 47.2 Å². The zero-order valence-electron chi connectivity index (χ0n) is 12.1. The van der Waals surface area contributed by atoms with Gasteiger partial charge in [0.15, 0.2) is 0 Å². The summed E-state index contributed by atoms with van der Waals surface area (Å²) in [6.07, 6.45) is 1.93. The monoisotopic (exact) mass is 260 g/mol. The first kappa shape index (κ1) is 14.0. The van der Waals surface area contributed by atoms with Gasteiger partial charge in [0, 0.05) is 25.7 Å². The number of imidazole rings is 1. The summed E-state index contributed by atoms with van der Waals surface area (Å²) in [5.74, 6) is 0. The summed E-state index contributed by atoms with van der Waals surface area (Å²) < 4.78 is 2.21. The molecule has 0 radical (unpaired) electrons. The molecule has 0 aliphatic carbocycles. The topological polar surface area (TPSA) is 33.1 Å². The number of likely N-dealkylation sites (N-methyl/N-ethyl adjacent to an activating group) is 1. The zero-order chi connectivity index (χ0) is 13.7. The molecule has 1 aromatic carbocycles. The maximum atomic E-state index is 4.41. The van der Waals surface area contributed by atoms with Crippen LogP contribution in [-0.2, 0) is 6.54 Å². The van der Waals surface area contributed by atoms with Crippen molar-refractivity contribution in [3.8, 4) is 0 Å². The lowest BCUT2D eigenvalue weighted by Gasteiger charge is -2.20. The van der Waals surface area contributed by atoms with Gasteiger partial charge in [-0.2, -0.15) is 0 Å². The highest BCUT2D eigenvalue weighted by Gasteiger charge is 2.05. The molecule has 2 rings (SSSR count). The first-order chi connectivity index (χ1) is 9.20. The minimum absolute atomic E-state index is 0.514. The molecule has 1 atom stereocenters. The Labute approximate surface area is 115 Å². The SMILES string of the molecule is CCN(C)CC(C)NCCn1cnc2ccccc21. The molecule has 2 aromatic rings. The van der Waals surface area contributed by atoms with Crippen LogP contribution in [0.2, 0.25) is 0 Å². The molecule has 104 valence electrons. The summed E-state index contributed by atoms with van der Waals surface area (Å²) in [7, 11) is 2.15. The number of benzene rings is 1. The Morgan fingerprint density at radius 3 is 2.95 bits per heavy atom. The third-order valence-electron chi connectivity index (χ3n) is 3.50. The summed E-state index contributed by atoms with van der Waals surface area (Å²) in [4.78, 5) is 6.73. The summed E-state index contributed by atoms with van der Waals surface area (Å²) in [5.41, 5.74) is 2.28. The van der Waals surface area contributed by atoms with Crippen LogP contribution in [0.15, 0.2) is 30.6 Å². The van der Waals surface area contributed by atoms with E-state index in [0.29, 0.717) is 6.04 Å². The van der Waals surface area contributed by atoms with E-state index in [1.165, 1.54) is 5.52 Å². The van der Waals surface area contributed by atoms with Crippen molar-refractivity contribution in [2.75, 3.05) is 26.7 Å². The summed E-state index contributed by atoms with van der Waals surface area (Å²) in [5, 5.41) is 3.56. The lowest BCUT2D eigenvalue weighted by molar-refractivity contribution is 0.309. The second-order valence-electron chi connectivity index (χ2n) is 5.14. The second kappa shape index (κ2) is 6.68. The Balaban J connectivity index is 1.82. The lowest BCUT2D eigenvalue weighted by Crippen LogP contribution is -2.38. The summed E-state index contributed by atoms with van der Waals surface area (Å²) in [6, 6.07) is 8.78. The zero-order valence-corrected chi connectivity index (χ0v) is 12.1. The van der Waals surface area contributed by atoms with Crippen LogP contribution in [0.4, 0.5) is 0 Å². The fraction of sp³-hybridized carbons (Fsp3) is 0.533. The van der Waals surface area contributed by atoms with E-state index in [9.17, 15) is 0 Å². The molecule has 1 N–H and O–H groups in total. The van der Waals surface area contributed by atoms with Crippen molar-refractivity contribution < 1.29 is 0 Å². The molecule has 1 aromatic heterocycles. The number of nitrogens with one attached hydrogen (secondary N) is 1. The van der Waals surface area contributed by atoms with Gasteiger partial charge in [-0.3, -0.25) is 0 Å². The minimum Gasteiger partial charge on any atom is -0.329 e. The molecule has 0 aliphatic heterocycles. The maximum absolute atomic E-state index is 4.41. The van der Waals surface area contributed by atoms with Crippen LogP contribution in [0.25, 0.3) is 11.0 Å². The number of nitrogens with zero attached hydrogens (tertiary/aromatic N) is 3. The molecular weight excluding hydrogens is 236 g/mol. The number of hydrogen-bond donors (Lipinski definition) is 1. The van der Waals surface area contributed by atoms with E-state index in [4.69, 9.17) is 0 Å². The van der Waals surface area contributed by atoms with Gasteiger partial charge in [0.1, 0.15) is 0 Å². The van der Waals surface area contributed by atoms with E-state index in [-0.39, 0.29) is 0 Å². The van der Waals surface area contributed by atoms with E-state index in [1.54, 1.807) is 0 Å². The van der Waals surface area contributed by atoms with Gasteiger partial charge in [-0.15, -0.1) is 0 Å². The van der Waals surface area contributed by atoms with Crippen molar-refractivity contribution in [1.29, 1.82) is 0 Å². The normalized spacial score (nSPS) is 13.3. The molecule has 1 heterocycles. The largest absolute Gasteiger partial charge is 0.329 e. The first-order valence-corrected chi connectivity index (χ1v) is 7.02. The van der Waals surface area contributed by atoms with Gasteiger partial charge in [-0.05, 0) is 32.6 Å². The Morgan fingerprint density at radius 1 is 1.37 bits per heavy atom.